The van der Waals surface area contributed by atoms with Gasteiger partial charge in [0.05, 0.1) is 6.26 Å². The minimum Gasteiger partial charge on any atom is -0.299 e. The zero-order valence-electron chi connectivity index (χ0n) is 20.0. The van der Waals surface area contributed by atoms with Crippen LogP contribution in [0.2, 0.25) is 0 Å². The summed E-state index contributed by atoms with van der Waals surface area (Å²) in [6, 6.07) is 23.0. The van der Waals surface area contributed by atoms with Gasteiger partial charge in [0.15, 0.2) is 0 Å². The molecule has 180 valence electrons. The Morgan fingerprint density at radius 3 is 2.29 bits per heavy atom. The summed E-state index contributed by atoms with van der Waals surface area (Å²) < 4.78 is 40.1. The van der Waals surface area contributed by atoms with Gasteiger partial charge in [0.25, 0.3) is 0 Å². The van der Waals surface area contributed by atoms with Crippen molar-refractivity contribution < 1.29 is 12.8 Å². The van der Waals surface area contributed by atoms with Crippen LogP contribution < -0.4 is 0 Å². The summed E-state index contributed by atoms with van der Waals surface area (Å²) in [7, 11) is -3.37. The predicted octanol–water partition coefficient (Wildman–Crippen LogP) is 5.48. The minimum absolute atomic E-state index is 0.204. The SMILES string of the molecule is Cc1cccc(CN(Cc2ccccc2C2CCN(Cc3ccc(F)cc3)CC2)S(C)(=O)=O)c1. The van der Waals surface area contributed by atoms with Crippen molar-refractivity contribution >= 4 is 10.0 Å². The molecule has 0 amide bonds. The van der Waals surface area contributed by atoms with E-state index < -0.39 is 10.0 Å². The monoisotopic (exact) mass is 480 g/mol. The number of hydrogen-bond acceptors (Lipinski definition) is 3. The molecule has 4 nitrogen and oxygen atoms in total. The number of hydrogen-bond donors (Lipinski definition) is 0. The van der Waals surface area contributed by atoms with Gasteiger partial charge in [0.1, 0.15) is 5.82 Å². The Kier molecular flexibility index (Phi) is 7.81. The van der Waals surface area contributed by atoms with Crippen LogP contribution in [0.5, 0.6) is 0 Å². The second-order valence-corrected chi connectivity index (χ2v) is 11.4. The van der Waals surface area contributed by atoms with E-state index in [9.17, 15) is 12.8 Å². The summed E-state index contributed by atoms with van der Waals surface area (Å²) in [5, 5.41) is 0. The summed E-state index contributed by atoms with van der Waals surface area (Å²) in [6.45, 7) is 5.52. The third-order valence-corrected chi connectivity index (χ3v) is 7.86. The zero-order chi connectivity index (χ0) is 24.1. The van der Waals surface area contributed by atoms with Crippen molar-refractivity contribution in [3.05, 3.63) is 106 Å². The van der Waals surface area contributed by atoms with E-state index in [1.807, 2.05) is 49.4 Å². The van der Waals surface area contributed by atoms with Crippen LogP contribution in [0.4, 0.5) is 4.39 Å². The van der Waals surface area contributed by atoms with Crippen LogP contribution in [0.25, 0.3) is 0 Å². The Labute approximate surface area is 203 Å². The van der Waals surface area contributed by atoms with Gasteiger partial charge in [-0.25, -0.2) is 12.8 Å². The Bertz CT molecular complexity index is 1200. The molecule has 0 radical (unpaired) electrons. The molecule has 0 aromatic heterocycles. The summed E-state index contributed by atoms with van der Waals surface area (Å²) in [5.41, 5.74) is 5.58. The van der Waals surface area contributed by atoms with Crippen molar-refractivity contribution in [2.75, 3.05) is 19.3 Å². The number of rotatable bonds is 8. The quantitative estimate of drug-likeness (QED) is 0.429. The topological polar surface area (TPSA) is 40.6 Å². The molecule has 0 bridgehead atoms. The molecule has 3 aromatic rings. The fourth-order valence-electron chi connectivity index (χ4n) is 4.82. The highest BCUT2D eigenvalue weighted by atomic mass is 32.2. The molecule has 0 unspecified atom stereocenters. The van der Waals surface area contributed by atoms with Gasteiger partial charge in [-0.2, -0.15) is 4.31 Å². The van der Waals surface area contributed by atoms with E-state index >= 15 is 0 Å². The van der Waals surface area contributed by atoms with Gasteiger partial charge in [-0.3, -0.25) is 4.90 Å². The summed E-state index contributed by atoms with van der Waals surface area (Å²) in [6.07, 6.45) is 3.34. The molecule has 3 aromatic carbocycles. The second-order valence-electron chi connectivity index (χ2n) is 9.40. The predicted molar refractivity (Wildman–Crippen MR) is 135 cm³/mol. The van der Waals surface area contributed by atoms with Crippen molar-refractivity contribution in [2.45, 2.75) is 45.3 Å². The van der Waals surface area contributed by atoms with Crippen molar-refractivity contribution in [1.29, 1.82) is 0 Å². The second kappa shape index (κ2) is 10.8. The van der Waals surface area contributed by atoms with E-state index in [4.69, 9.17) is 0 Å². The molecule has 1 aliphatic rings. The highest BCUT2D eigenvalue weighted by Gasteiger charge is 2.25. The highest BCUT2D eigenvalue weighted by Crippen LogP contribution is 2.32. The first-order valence-electron chi connectivity index (χ1n) is 11.8. The van der Waals surface area contributed by atoms with Crippen molar-refractivity contribution in [3.8, 4) is 0 Å². The number of benzene rings is 3. The van der Waals surface area contributed by atoms with E-state index in [0.29, 0.717) is 19.0 Å². The Hall–Kier alpha value is -2.54. The lowest BCUT2D eigenvalue weighted by atomic mass is 9.86. The largest absolute Gasteiger partial charge is 0.299 e. The van der Waals surface area contributed by atoms with Crippen LogP contribution in [-0.2, 0) is 29.7 Å². The van der Waals surface area contributed by atoms with Crippen LogP contribution in [0, 0.1) is 12.7 Å². The van der Waals surface area contributed by atoms with Crippen molar-refractivity contribution in [2.24, 2.45) is 0 Å². The lowest BCUT2D eigenvalue weighted by Crippen LogP contribution is -2.33. The van der Waals surface area contributed by atoms with Gasteiger partial charge >= 0.3 is 0 Å². The molecule has 1 aliphatic heterocycles. The number of piperidine rings is 1. The van der Waals surface area contributed by atoms with Gasteiger partial charge in [0.2, 0.25) is 10.0 Å². The standard InChI is InChI=1S/C28H33FN2O2S/c1-22-6-5-7-24(18-22)20-31(34(2,32)33)21-26-8-3-4-9-28(26)25-14-16-30(17-15-25)19-23-10-12-27(29)13-11-23/h3-13,18,25H,14-17,19-21H2,1-2H3. The first-order valence-corrected chi connectivity index (χ1v) is 13.7. The Morgan fingerprint density at radius 2 is 1.62 bits per heavy atom. The van der Waals surface area contributed by atoms with Gasteiger partial charge in [-0.15, -0.1) is 0 Å². The maximum absolute atomic E-state index is 13.2. The maximum atomic E-state index is 13.2. The maximum Gasteiger partial charge on any atom is 0.211 e. The fraction of sp³-hybridized carbons (Fsp3) is 0.357. The average Bonchev–Trinajstić information content (AvgIpc) is 2.81. The number of aryl methyl sites for hydroxylation is 1. The molecular weight excluding hydrogens is 447 g/mol. The molecule has 6 heteroatoms. The van der Waals surface area contributed by atoms with Gasteiger partial charge < -0.3 is 0 Å². The van der Waals surface area contributed by atoms with Crippen molar-refractivity contribution in [3.63, 3.8) is 0 Å². The number of halogens is 1. The van der Waals surface area contributed by atoms with Crippen LogP contribution in [0.15, 0.2) is 72.8 Å². The molecule has 1 fully saturated rings. The molecule has 0 N–H and O–H groups in total. The number of nitrogens with zero attached hydrogens (tertiary/aromatic N) is 2. The first-order chi connectivity index (χ1) is 16.3. The average molecular weight is 481 g/mol. The molecule has 34 heavy (non-hydrogen) atoms. The normalized spacial score (nSPS) is 15.6. The molecule has 4 rings (SSSR count). The third kappa shape index (κ3) is 6.53. The number of likely N-dealkylation sites (tertiary alicyclic amines) is 1. The van der Waals surface area contributed by atoms with Crippen LogP contribution in [0.3, 0.4) is 0 Å². The van der Waals surface area contributed by atoms with Crippen LogP contribution in [-0.4, -0.2) is 37.0 Å². The minimum atomic E-state index is -3.37. The Morgan fingerprint density at radius 1 is 0.912 bits per heavy atom. The zero-order valence-corrected chi connectivity index (χ0v) is 20.8. The Balaban J connectivity index is 1.45. The lowest BCUT2D eigenvalue weighted by Gasteiger charge is -2.33. The fourth-order valence-corrected chi connectivity index (χ4v) is 5.58. The molecule has 0 aliphatic carbocycles. The van der Waals surface area contributed by atoms with E-state index in [-0.39, 0.29) is 5.82 Å². The van der Waals surface area contributed by atoms with Gasteiger partial charge in [-0.05, 0) is 73.2 Å². The van der Waals surface area contributed by atoms with Gasteiger partial charge in [-0.1, -0.05) is 66.2 Å². The van der Waals surface area contributed by atoms with E-state index in [0.717, 1.165) is 54.7 Å². The van der Waals surface area contributed by atoms with Crippen LogP contribution >= 0.6 is 0 Å². The lowest BCUT2D eigenvalue weighted by molar-refractivity contribution is 0.204. The van der Waals surface area contributed by atoms with E-state index in [1.165, 1.54) is 24.0 Å². The molecule has 1 heterocycles. The molecule has 0 spiro atoms. The summed E-state index contributed by atoms with van der Waals surface area (Å²) in [5.74, 6) is 0.200. The van der Waals surface area contributed by atoms with E-state index in [2.05, 4.69) is 23.1 Å². The molecule has 1 saturated heterocycles. The molecular formula is C28H33FN2O2S. The van der Waals surface area contributed by atoms with E-state index in [1.54, 1.807) is 4.31 Å². The molecule has 0 atom stereocenters. The summed E-state index contributed by atoms with van der Waals surface area (Å²) in [4.78, 5) is 2.41. The number of sulfonamides is 1. The van der Waals surface area contributed by atoms with Gasteiger partial charge in [0, 0.05) is 19.6 Å². The van der Waals surface area contributed by atoms with Crippen molar-refractivity contribution in [1.82, 2.24) is 9.21 Å². The smallest absolute Gasteiger partial charge is 0.211 e. The first kappa shape index (κ1) is 24.6. The summed E-state index contributed by atoms with van der Waals surface area (Å²) >= 11 is 0. The third-order valence-electron chi connectivity index (χ3n) is 6.66. The highest BCUT2D eigenvalue weighted by molar-refractivity contribution is 7.88. The van der Waals surface area contributed by atoms with Crippen LogP contribution in [0.1, 0.15) is 46.6 Å². The molecule has 0 saturated carbocycles.